The fourth-order valence-electron chi connectivity index (χ4n) is 0.677. The smallest absolute Gasteiger partial charge is 0.276 e. The average molecular weight is 187 g/mol. The van der Waals surface area contributed by atoms with Gasteiger partial charge in [-0.3, -0.25) is 10.2 Å². The van der Waals surface area contributed by atoms with Crippen LogP contribution in [0.5, 0.6) is 0 Å². The minimum absolute atomic E-state index is 0.324. The molecule has 3 N–H and O–H groups in total. The average Bonchev–Trinajstić information content (AvgIpc) is 2.52. The fraction of sp³-hybridized carbons (Fsp3) is 0.333. The number of nitrogen functional groups attached to an aromatic ring is 1. The molecule has 0 bridgehead atoms. The van der Waals surface area contributed by atoms with Crippen molar-refractivity contribution in [3.63, 3.8) is 0 Å². The second-order valence-corrected chi connectivity index (χ2v) is 3.14. The quantitative estimate of drug-likeness (QED) is 0.393. The van der Waals surface area contributed by atoms with Crippen molar-refractivity contribution in [1.29, 1.82) is 0 Å². The van der Waals surface area contributed by atoms with Gasteiger partial charge in [0.25, 0.3) is 5.91 Å². The van der Waals surface area contributed by atoms with Crippen LogP contribution in [0.25, 0.3) is 0 Å². The van der Waals surface area contributed by atoms with Crippen LogP contribution in [0.1, 0.15) is 14.7 Å². The van der Waals surface area contributed by atoms with Gasteiger partial charge in [-0.05, 0) is 0 Å². The molecule has 0 radical (unpaired) electrons. The zero-order valence-electron chi connectivity index (χ0n) is 6.53. The highest BCUT2D eigenvalue weighted by Gasteiger charge is 2.07. The van der Waals surface area contributed by atoms with Crippen molar-refractivity contribution in [1.82, 2.24) is 10.4 Å². The van der Waals surface area contributed by atoms with Crippen molar-refractivity contribution >= 4 is 17.2 Å². The van der Waals surface area contributed by atoms with Crippen LogP contribution >= 0.6 is 11.3 Å². The van der Waals surface area contributed by atoms with E-state index in [-0.39, 0.29) is 5.91 Å². The molecule has 0 aliphatic carbocycles. The van der Waals surface area contributed by atoms with E-state index in [1.807, 2.05) is 5.43 Å². The lowest BCUT2D eigenvalue weighted by molar-refractivity contribution is 0.0957. The summed E-state index contributed by atoms with van der Waals surface area (Å²) in [6.45, 7) is 0.419. The van der Waals surface area contributed by atoms with Gasteiger partial charge >= 0.3 is 0 Å². The molecule has 0 aromatic carbocycles. The summed E-state index contributed by atoms with van der Waals surface area (Å²) in [5, 5.41) is 0.760. The number of nitrogens with two attached hydrogens (primary N) is 1. The number of methoxy groups -OCH3 is 1. The molecule has 1 amide bonds. The molecule has 1 heterocycles. The van der Waals surface area contributed by atoms with E-state index < -0.39 is 0 Å². The number of hydrogen-bond acceptors (Lipinski definition) is 5. The molecule has 1 aromatic rings. The van der Waals surface area contributed by atoms with E-state index in [0.717, 1.165) is 5.01 Å². The van der Waals surface area contributed by atoms with Crippen molar-refractivity contribution in [2.24, 2.45) is 5.84 Å². The predicted octanol–water partition coefficient (Wildman–Crippen LogP) is -0.107. The topological polar surface area (TPSA) is 77.2 Å². The number of nitrogens with one attached hydrogen (secondary N) is 1. The second kappa shape index (κ2) is 4.15. The maximum atomic E-state index is 10.9. The summed E-state index contributed by atoms with van der Waals surface area (Å²) in [7, 11) is 1.57. The highest BCUT2D eigenvalue weighted by Crippen LogP contribution is 2.12. The first-order chi connectivity index (χ1) is 5.77. The number of amides is 1. The lowest BCUT2D eigenvalue weighted by Crippen LogP contribution is -2.29. The molecular formula is C6H9N3O2S. The Kier molecular flexibility index (Phi) is 3.15. The fourth-order valence-corrected chi connectivity index (χ4v) is 1.47. The Hall–Kier alpha value is -0.980. The summed E-state index contributed by atoms with van der Waals surface area (Å²) in [4.78, 5) is 15.4. The van der Waals surface area contributed by atoms with Gasteiger partial charge in [-0.2, -0.15) is 0 Å². The molecule has 1 rings (SSSR count). The normalized spacial score (nSPS) is 9.83. The van der Waals surface area contributed by atoms with Crippen molar-refractivity contribution in [3.8, 4) is 0 Å². The van der Waals surface area contributed by atoms with Crippen LogP contribution in [-0.2, 0) is 11.3 Å². The number of ether oxygens (including phenoxy) is 1. The monoisotopic (exact) mass is 187 g/mol. The van der Waals surface area contributed by atoms with Gasteiger partial charge in [0.15, 0.2) is 0 Å². The number of aromatic nitrogens is 1. The third-order valence-electron chi connectivity index (χ3n) is 1.18. The minimum atomic E-state index is -0.324. The van der Waals surface area contributed by atoms with E-state index in [9.17, 15) is 4.79 Å². The van der Waals surface area contributed by atoms with Crippen molar-refractivity contribution in [2.45, 2.75) is 6.61 Å². The first-order valence-electron chi connectivity index (χ1n) is 3.22. The summed E-state index contributed by atoms with van der Waals surface area (Å²) in [6, 6.07) is 0. The Morgan fingerprint density at radius 2 is 2.67 bits per heavy atom. The molecule has 0 fully saturated rings. The highest BCUT2D eigenvalue weighted by atomic mass is 32.1. The molecule has 0 saturated heterocycles. The van der Waals surface area contributed by atoms with Crippen LogP contribution in [-0.4, -0.2) is 18.0 Å². The van der Waals surface area contributed by atoms with Gasteiger partial charge in [0.1, 0.15) is 9.88 Å². The lowest BCUT2D eigenvalue weighted by atomic mass is 10.5. The first kappa shape index (κ1) is 9.11. The number of thiazole rings is 1. The van der Waals surface area contributed by atoms with Crippen LogP contribution < -0.4 is 11.3 Å². The number of nitrogens with zero attached hydrogens (tertiary/aromatic N) is 1. The molecule has 0 atom stereocenters. The molecule has 6 heteroatoms. The van der Waals surface area contributed by atoms with Gasteiger partial charge < -0.3 is 4.74 Å². The lowest BCUT2D eigenvalue weighted by Gasteiger charge is -1.91. The predicted molar refractivity (Wildman–Crippen MR) is 44.5 cm³/mol. The van der Waals surface area contributed by atoms with E-state index >= 15 is 0 Å². The van der Waals surface area contributed by atoms with Gasteiger partial charge in [0.05, 0.1) is 12.8 Å². The molecule has 66 valence electrons. The van der Waals surface area contributed by atoms with Crippen LogP contribution in [0.2, 0.25) is 0 Å². The number of hydrogen-bond donors (Lipinski definition) is 2. The standard InChI is InChI=1S/C6H9N3O2S/c1-11-3-5-8-2-4(12-5)6(10)9-7/h2H,3,7H2,1H3,(H,9,10). The highest BCUT2D eigenvalue weighted by molar-refractivity contribution is 7.13. The molecule has 1 aromatic heterocycles. The number of carbonyl (C=O) groups excluding carboxylic acids is 1. The second-order valence-electron chi connectivity index (χ2n) is 2.02. The summed E-state index contributed by atoms with van der Waals surface area (Å²) in [6.07, 6.45) is 1.47. The van der Waals surface area contributed by atoms with E-state index in [1.54, 1.807) is 7.11 Å². The molecule has 0 aliphatic rings. The Balaban J connectivity index is 2.70. The summed E-state index contributed by atoms with van der Waals surface area (Å²) in [5.74, 6) is 4.61. The number of hydrazine groups is 1. The van der Waals surface area contributed by atoms with E-state index in [4.69, 9.17) is 10.6 Å². The van der Waals surface area contributed by atoms with Crippen LogP contribution in [0.4, 0.5) is 0 Å². The van der Waals surface area contributed by atoms with Gasteiger partial charge in [0.2, 0.25) is 0 Å². The van der Waals surface area contributed by atoms with E-state index in [1.165, 1.54) is 17.5 Å². The van der Waals surface area contributed by atoms with Crippen LogP contribution in [0.3, 0.4) is 0 Å². The molecule has 0 spiro atoms. The summed E-state index contributed by atoms with van der Waals surface area (Å²) < 4.78 is 4.84. The molecule has 0 unspecified atom stereocenters. The summed E-state index contributed by atoms with van der Waals surface area (Å²) in [5.41, 5.74) is 2.03. The van der Waals surface area contributed by atoms with Crippen molar-refractivity contribution in [2.75, 3.05) is 7.11 Å². The Morgan fingerprint density at radius 3 is 3.25 bits per heavy atom. The van der Waals surface area contributed by atoms with Gasteiger partial charge in [-0.25, -0.2) is 10.8 Å². The molecular weight excluding hydrogens is 178 g/mol. The Labute approximate surface area is 73.5 Å². The Morgan fingerprint density at radius 1 is 1.92 bits per heavy atom. The van der Waals surface area contributed by atoms with Crippen LogP contribution in [0, 0.1) is 0 Å². The third-order valence-corrected chi connectivity index (χ3v) is 2.15. The number of rotatable bonds is 3. The van der Waals surface area contributed by atoms with Gasteiger partial charge in [-0.1, -0.05) is 0 Å². The zero-order valence-corrected chi connectivity index (χ0v) is 7.35. The molecule has 5 nitrogen and oxygen atoms in total. The van der Waals surface area contributed by atoms with Gasteiger partial charge in [0, 0.05) is 7.11 Å². The maximum Gasteiger partial charge on any atom is 0.276 e. The SMILES string of the molecule is COCc1ncc(C(=O)NN)s1. The van der Waals surface area contributed by atoms with E-state index in [2.05, 4.69) is 4.98 Å². The van der Waals surface area contributed by atoms with E-state index in [0.29, 0.717) is 11.5 Å². The molecule has 0 aliphatic heterocycles. The number of carbonyl (C=O) groups is 1. The van der Waals surface area contributed by atoms with Gasteiger partial charge in [-0.15, -0.1) is 11.3 Å². The van der Waals surface area contributed by atoms with Crippen molar-refractivity contribution < 1.29 is 9.53 Å². The van der Waals surface area contributed by atoms with Crippen molar-refractivity contribution in [3.05, 3.63) is 16.1 Å². The minimum Gasteiger partial charge on any atom is -0.378 e. The molecule has 0 saturated carbocycles. The molecule has 12 heavy (non-hydrogen) atoms. The maximum absolute atomic E-state index is 10.9. The largest absolute Gasteiger partial charge is 0.378 e. The Bertz CT molecular complexity index is 274. The first-order valence-corrected chi connectivity index (χ1v) is 4.04. The third kappa shape index (κ3) is 2.00. The zero-order chi connectivity index (χ0) is 8.97. The van der Waals surface area contributed by atoms with Crippen LogP contribution in [0.15, 0.2) is 6.20 Å². The summed E-state index contributed by atoms with van der Waals surface area (Å²) >= 11 is 1.26.